The normalized spacial score (nSPS) is 13.0. The van der Waals surface area contributed by atoms with Gasteiger partial charge in [0.1, 0.15) is 17.5 Å². The van der Waals surface area contributed by atoms with Gasteiger partial charge in [-0.25, -0.2) is 0 Å². The van der Waals surface area contributed by atoms with E-state index in [1.165, 1.54) is 0 Å². The van der Waals surface area contributed by atoms with E-state index in [1.807, 2.05) is 61.6 Å². The molecule has 2 aromatic rings. The van der Waals surface area contributed by atoms with E-state index in [1.54, 1.807) is 14.2 Å². The Morgan fingerprint density at radius 2 is 1.85 bits per heavy atom. The second-order valence-electron chi connectivity index (χ2n) is 6.15. The minimum Gasteiger partial charge on any atom is -0.497 e. The predicted octanol–water partition coefficient (Wildman–Crippen LogP) is 2.86. The number of carbonyl (C=O) groups is 1. The minimum atomic E-state index is -0.198. The fraction of sp³-hybridized carbons (Fsp3) is 0.350. The lowest BCUT2D eigenvalue weighted by Gasteiger charge is -2.18. The first kappa shape index (κ1) is 20.1. The molecule has 0 spiro atoms. The van der Waals surface area contributed by atoms with Crippen molar-refractivity contribution in [1.29, 1.82) is 0 Å². The van der Waals surface area contributed by atoms with Crippen molar-refractivity contribution in [2.24, 2.45) is 0 Å². The zero-order valence-electron chi connectivity index (χ0n) is 15.6. The van der Waals surface area contributed by atoms with Gasteiger partial charge in [-0.2, -0.15) is 0 Å². The van der Waals surface area contributed by atoms with Crippen LogP contribution in [-0.4, -0.2) is 26.7 Å². The molecule has 140 valence electrons. The molecule has 2 aromatic carbocycles. The fourth-order valence-electron chi connectivity index (χ4n) is 2.81. The van der Waals surface area contributed by atoms with E-state index in [-0.39, 0.29) is 18.0 Å². The van der Waals surface area contributed by atoms with Crippen molar-refractivity contribution in [2.45, 2.75) is 25.9 Å². The summed E-state index contributed by atoms with van der Waals surface area (Å²) in [5.41, 5.74) is 1.89. The van der Waals surface area contributed by atoms with Crippen LogP contribution in [0.2, 0.25) is 5.02 Å². The van der Waals surface area contributed by atoms with Crippen LogP contribution in [0.15, 0.2) is 42.5 Å². The van der Waals surface area contributed by atoms with Crippen LogP contribution >= 0.6 is 11.6 Å². The van der Waals surface area contributed by atoms with Crippen LogP contribution in [0.4, 0.5) is 0 Å². The SMILES string of the molecule is COc1ccc(OC)c([C@@H](C)NC(=O)C[NH2+][C@@H](C)c2ccccc2Cl)c1. The first-order chi connectivity index (χ1) is 12.5. The standard InChI is InChI=1S/C20H25ClN2O3/c1-13(16-7-5-6-8-18(16)21)22-12-20(24)23-14(2)17-11-15(25-3)9-10-19(17)26-4/h5-11,13-14,22H,12H2,1-4H3,(H,23,24)/p+1/t13-,14+/m0/s1. The molecule has 0 fully saturated rings. The van der Waals surface area contributed by atoms with Gasteiger partial charge in [-0.3, -0.25) is 4.79 Å². The topological polar surface area (TPSA) is 64.2 Å². The summed E-state index contributed by atoms with van der Waals surface area (Å²) in [6.07, 6.45) is 0. The van der Waals surface area contributed by atoms with E-state index >= 15 is 0 Å². The van der Waals surface area contributed by atoms with Gasteiger partial charge in [-0.15, -0.1) is 0 Å². The lowest BCUT2D eigenvalue weighted by Crippen LogP contribution is -2.87. The maximum Gasteiger partial charge on any atom is 0.275 e. The molecule has 0 aliphatic rings. The van der Waals surface area contributed by atoms with Crippen molar-refractivity contribution < 1.29 is 19.6 Å². The average molecular weight is 378 g/mol. The van der Waals surface area contributed by atoms with Crippen LogP contribution in [0.25, 0.3) is 0 Å². The number of nitrogens with two attached hydrogens (primary N) is 1. The van der Waals surface area contributed by atoms with Crippen molar-refractivity contribution in [2.75, 3.05) is 20.8 Å². The Labute approximate surface area is 159 Å². The number of amides is 1. The first-order valence-corrected chi connectivity index (χ1v) is 8.93. The highest BCUT2D eigenvalue weighted by molar-refractivity contribution is 6.31. The number of quaternary nitrogens is 1. The largest absolute Gasteiger partial charge is 0.497 e. The molecule has 2 rings (SSSR count). The summed E-state index contributed by atoms with van der Waals surface area (Å²) in [6.45, 7) is 4.26. The highest BCUT2D eigenvalue weighted by Gasteiger charge is 2.18. The van der Waals surface area contributed by atoms with Crippen molar-refractivity contribution >= 4 is 17.5 Å². The molecule has 6 heteroatoms. The predicted molar refractivity (Wildman–Crippen MR) is 103 cm³/mol. The molecule has 0 radical (unpaired) electrons. The van der Waals surface area contributed by atoms with Crippen LogP contribution in [-0.2, 0) is 4.79 Å². The summed E-state index contributed by atoms with van der Waals surface area (Å²) in [4.78, 5) is 12.4. The summed E-state index contributed by atoms with van der Waals surface area (Å²) < 4.78 is 10.6. The highest BCUT2D eigenvalue weighted by Crippen LogP contribution is 2.29. The fourth-order valence-corrected chi connectivity index (χ4v) is 3.12. The summed E-state index contributed by atoms with van der Waals surface area (Å²) in [7, 11) is 3.22. The molecule has 0 unspecified atom stereocenters. The minimum absolute atomic E-state index is 0.0544. The Kier molecular flexibility index (Phi) is 7.30. The van der Waals surface area contributed by atoms with Crippen LogP contribution in [0.1, 0.15) is 37.1 Å². The first-order valence-electron chi connectivity index (χ1n) is 8.55. The molecular weight excluding hydrogens is 352 g/mol. The van der Waals surface area contributed by atoms with Gasteiger partial charge in [-0.05, 0) is 38.1 Å². The molecule has 26 heavy (non-hydrogen) atoms. The van der Waals surface area contributed by atoms with Crippen LogP contribution in [0, 0.1) is 0 Å². The summed E-state index contributed by atoms with van der Waals surface area (Å²) in [5.74, 6) is 1.38. The second-order valence-corrected chi connectivity index (χ2v) is 6.55. The van der Waals surface area contributed by atoms with Gasteiger partial charge in [0.05, 0.1) is 20.3 Å². The van der Waals surface area contributed by atoms with Gasteiger partial charge in [0, 0.05) is 16.1 Å². The number of methoxy groups -OCH3 is 2. The van der Waals surface area contributed by atoms with Crippen molar-refractivity contribution in [1.82, 2.24) is 5.32 Å². The van der Waals surface area contributed by atoms with Crippen LogP contribution in [0.5, 0.6) is 11.5 Å². The van der Waals surface area contributed by atoms with Gasteiger partial charge in [-0.1, -0.05) is 29.8 Å². The molecule has 3 N–H and O–H groups in total. The number of hydrogen-bond donors (Lipinski definition) is 2. The van der Waals surface area contributed by atoms with Gasteiger partial charge >= 0.3 is 0 Å². The van der Waals surface area contributed by atoms with Crippen LogP contribution < -0.4 is 20.1 Å². The molecule has 0 heterocycles. The Morgan fingerprint density at radius 1 is 1.12 bits per heavy atom. The molecule has 0 bridgehead atoms. The third-order valence-electron chi connectivity index (χ3n) is 4.33. The van der Waals surface area contributed by atoms with Gasteiger partial charge < -0.3 is 20.1 Å². The zero-order chi connectivity index (χ0) is 19.1. The average Bonchev–Trinajstić information content (AvgIpc) is 2.65. The van der Waals surface area contributed by atoms with Crippen molar-refractivity contribution in [3.8, 4) is 11.5 Å². The highest BCUT2D eigenvalue weighted by atomic mass is 35.5. The molecule has 0 aromatic heterocycles. The maximum atomic E-state index is 12.4. The monoisotopic (exact) mass is 377 g/mol. The van der Waals surface area contributed by atoms with E-state index in [4.69, 9.17) is 21.1 Å². The maximum absolute atomic E-state index is 12.4. The summed E-state index contributed by atoms with van der Waals surface area (Å²) in [5, 5.41) is 5.68. The number of halogens is 1. The number of ether oxygens (including phenoxy) is 2. The van der Waals surface area contributed by atoms with E-state index < -0.39 is 0 Å². The lowest BCUT2D eigenvalue weighted by atomic mass is 10.1. The molecule has 0 saturated carbocycles. The van der Waals surface area contributed by atoms with E-state index in [0.717, 1.165) is 16.9 Å². The third-order valence-corrected chi connectivity index (χ3v) is 4.68. The number of carbonyl (C=O) groups excluding carboxylic acids is 1. The summed E-state index contributed by atoms with van der Waals surface area (Å²) >= 11 is 6.21. The molecular formula is C20H26ClN2O3+. The summed E-state index contributed by atoms with van der Waals surface area (Å²) in [6, 6.07) is 13.1. The number of nitrogens with one attached hydrogen (secondary N) is 1. The van der Waals surface area contributed by atoms with Crippen molar-refractivity contribution in [3.63, 3.8) is 0 Å². The quantitative estimate of drug-likeness (QED) is 0.743. The van der Waals surface area contributed by atoms with E-state index in [2.05, 4.69) is 5.32 Å². The van der Waals surface area contributed by atoms with Gasteiger partial charge in [0.25, 0.3) is 5.91 Å². The molecule has 1 amide bonds. The van der Waals surface area contributed by atoms with Gasteiger partial charge in [0.2, 0.25) is 0 Å². The second kappa shape index (κ2) is 9.46. The molecule has 0 aliphatic carbocycles. The third kappa shape index (κ3) is 5.13. The molecule has 0 aliphatic heterocycles. The Morgan fingerprint density at radius 3 is 2.50 bits per heavy atom. The number of rotatable bonds is 8. The molecule has 2 atom stereocenters. The van der Waals surface area contributed by atoms with Gasteiger partial charge in [0.15, 0.2) is 6.54 Å². The lowest BCUT2D eigenvalue weighted by molar-refractivity contribution is -0.682. The Bertz CT molecular complexity index is 752. The van der Waals surface area contributed by atoms with Crippen molar-refractivity contribution in [3.05, 3.63) is 58.6 Å². The number of benzene rings is 2. The Hall–Kier alpha value is -2.24. The van der Waals surface area contributed by atoms with E-state index in [0.29, 0.717) is 17.3 Å². The zero-order valence-corrected chi connectivity index (χ0v) is 16.3. The van der Waals surface area contributed by atoms with Crippen LogP contribution in [0.3, 0.4) is 0 Å². The van der Waals surface area contributed by atoms with E-state index in [9.17, 15) is 4.79 Å². The molecule has 5 nitrogen and oxygen atoms in total. The smallest absolute Gasteiger partial charge is 0.275 e. The Balaban J connectivity index is 1.96. The number of hydrogen-bond acceptors (Lipinski definition) is 3. The molecule has 0 saturated heterocycles.